The van der Waals surface area contributed by atoms with E-state index in [4.69, 9.17) is 23.2 Å². The quantitative estimate of drug-likeness (QED) is 0.911. The average molecular weight is 268 g/mol. The Hall–Kier alpha value is -1.32. The first-order chi connectivity index (χ1) is 8.19. The largest absolute Gasteiger partial charge is 0.353 e. The van der Waals surface area contributed by atoms with E-state index in [2.05, 4.69) is 34.6 Å². The molecule has 0 fully saturated rings. The minimum absolute atomic E-state index is 0.300. The number of rotatable bonds is 3. The van der Waals surface area contributed by atoms with Gasteiger partial charge in [0, 0.05) is 11.8 Å². The molecule has 1 aromatic carbocycles. The van der Waals surface area contributed by atoms with Crippen molar-refractivity contribution in [1.82, 2.24) is 10.2 Å². The maximum Gasteiger partial charge on any atom is 0.175 e. The molecule has 17 heavy (non-hydrogen) atoms. The van der Waals surface area contributed by atoms with Gasteiger partial charge in [-0.05, 0) is 24.1 Å². The van der Waals surface area contributed by atoms with Crippen LogP contribution in [-0.4, -0.2) is 10.2 Å². The van der Waals surface area contributed by atoms with Crippen molar-refractivity contribution in [3.8, 4) is 0 Å². The van der Waals surface area contributed by atoms with Gasteiger partial charge in [0.25, 0.3) is 0 Å². The van der Waals surface area contributed by atoms with Crippen molar-refractivity contribution in [1.29, 1.82) is 0 Å². The SMILES string of the molecule is CCc1ccc(Nc2cc(Cl)nnc2Cl)cc1. The lowest BCUT2D eigenvalue weighted by atomic mass is 10.1. The molecule has 0 unspecified atom stereocenters. The van der Waals surface area contributed by atoms with E-state index in [0.717, 1.165) is 12.1 Å². The molecule has 0 saturated carbocycles. The van der Waals surface area contributed by atoms with Gasteiger partial charge in [-0.2, -0.15) is 0 Å². The third kappa shape index (κ3) is 3.08. The van der Waals surface area contributed by atoms with Crippen molar-refractivity contribution in [3.63, 3.8) is 0 Å². The normalized spacial score (nSPS) is 10.3. The Kier molecular flexibility index (Phi) is 3.82. The van der Waals surface area contributed by atoms with Gasteiger partial charge < -0.3 is 5.32 Å². The first kappa shape index (κ1) is 12.1. The highest BCUT2D eigenvalue weighted by Crippen LogP contribution is 2.25. The molecule has 0 radical (unpaired) electrons. The summed E-state index contributed by atoms with van der Waals surface area (Å²) < 4.78 is 0. The molecule has 1 heterocycles. The van der Waals surface area contributed by atoms with Crippen molar-refractivity contribution in [2.45, 2.75) is 13.3 Å². The molecular weight excluding hydrogens is 257 g/mol. The van der Waals surface area contributed by atoms with Crippen LogP contribution in [0.25, 0.3) is 0 Å². The first-order valence-corrected chi connectivity index (χ1v) is 5.99. The lowest BCUT2D eigenvalue weighted by Gasteiger charge is -2.08. The molecule has 3 nitrogen and oxygen atoms in total. The molecule has 88 valence electrons. The maximum atomic E-state index is 5.91. The van der Waals surface area contributed by atoms with Crippen LogP contribution in [0.1, 0.15) is 12.5 Å². The summed E-state index contributed by atoms with van der Waals surface area (Å²) in [5.74, 6) is 0. The lowest BCUT2D eigenvalue weighted by Crippen LogP contribution is -1.95. The molecule has 5 heteroatoms. The van der Waals surface area contributed by atoms with Crippen LogP contribution >= 0.6 is 23.2 Å². The van der Waals surface area contributed by atoms with Gasteiger partial charge in [0.05, 0.1) is 5.69 Å². The van der Waals surface area contributed by atoms with Gasteiger partial charge in [-0.15, -0.1) is 10.2 Å². The van der Waals surface area contributed by atoms with E-state index in [-0.39, 0.29) is 0 Å². The molecule has 0 aliphatic carbocycles. The van der Waals surface area contributed by atoms with E-state index in [0.29, 0.717) is 16.0 Å². The van der Waals surface area contributed by atoms with Crippen LogP contribution in [0.2, 0.25) is 10.3 Å². The molecule has 0 atom stereocenters. The number of benzene rings is 1. The monoisotopic (exact) mass is 267 g/mol. The number of nitrogens with zero attached hydrogens (tertiary/aromatic N) is 2. The fourth-order valence-electron chi connectivity index (χ4n) is 1.42. The zero-order valence-corrected chi connectivity index (χ0v) is 10.8. The smallest absolute Gasteiger partial charge is 0.175 e. The predicted molar refractivity (Wildman–Crippen MR) is 71.2 cm³/mol. The summed E-state index contributed by atoms with van der Waals surface area (Å²) in [7, 11) is 0. The fourth-order valence-corrected chi connectivity index (χ4v) is 1.71. The Morgan fingerprint density at radius 3 is 2.47 bits per heavy atom. The van der Waals surface area contributed by atoms with E-state index in [1.54, 1.807) is 6.07 Å². The summed E-state index contributed by atoms with van der Waals surface area (Å²) in [6.07, 6.45) is 1.02. The van der Waals surface area contributed by atoms with E-state index < -0.39 is 0 Å². The molecule has 0 aliphatic rings. The minimum Gasteiger partial charge on any atom is -0.353 e. The molecule has 0 saturated heterocycles. The topological polar surface area (TPSA) is 37.8 Å². The van der Waals surface area contributed by atoms with E-state index in [9.17, 15) is 0 Å². The second-order valence-electron chi connectivity index (χ2n) is 3.55. The molecule has 0 aliphatic heterocycles. The number of halogens is 2. The van der Waals surface area contributed by atoms with E-state index in [1.807, 2.05) is 12.1 Å². The van der Waals surface area contributed by atoms with Gasteiger partial charge >= 0.3 is 0 Å². The number of hydrogen-bond donors (Lipinski definition) is 1. The molecule has 0 bridgehead atoms. The fraction of sp³-hybridized carbons (Fsp3) is 0.167. The van der Waals surface area contributed by atoms with Crippen molar-refractivity contribution in [2.75, 3.05) is 5.32 Å². The third-order valence-corrected chi connectivity index (χ3v) is 2.82. The lowest BCUT2D eigenvalue weighted by molar-refractivity contribution is 1.03. The number of hydrogen-bond acceptors (Lipinski definition) is 3. The highest BCUT2D eigenvalue weighted by Gasteiger charge is 2.04. The first-order valence-electron chi connectivity index (χ1n) is 5.23. The zero-order chi connectivity index (χ0) is 12.3. The van der Waals surface area contributed by atoms with E-state index >= 15 is 0 Å². The summed E-state index contributed by atoms with van der Waals surface area (Å²) >= 11 is 11.7. The Bertz CT molecular complexity index is 512. The number of aromatic nitrogens is 2. The van der Waals surface area contributed by atoms with Crippen LogP contribution in [0, 0.1) is 0 Å². The number of aryl methyl sites for hydroxylation is 1. The standard InChI is InChI=1S/C12H11Cl2N3/c1-2-8-3-5-9(6-4-8)15-10-7-11(13)16-17-12(10)14/h3-7H,2H2,1H3,(H,15,16). The predicted octanol–water partition coefficient (Wildman–Crippen LogP) is 4.09. The number of nitrogens with one attached hydrogen (secondary N) is 1. The highest BCUT2D eigenvalue weighted by atomic mass is 35.5. The van der Waals surface area contributed by atoms with Crippen molar-refractivity contribution in [3.05, 3.63) is 46.2 Å². The molecule has 1 N–H and O–H groups in total. The second kappa shape index (κ2) is 5.34. The third-order valence-electron chi connectivity index (χ3n) is 2.36. The summed E-state index contributed by atoms with van der Waals surface area (Å²) in [6, 6.07) is 9.75. The Morgan fingerprint density at radius 2 is 1.82 bits per heavy atom. The van der Waals surface area contributed by atoms with Gasteiger partial charge in [0.1, 0.15) is 0 Å². The van der Waals surface area contributed by atoms with Gasteiger partial charge in [-0.1, -0.05) is 42.3 Å². The Balaban J connectivity index is 2.22. The van der Waals surface area contributed by atoms with Crippen molar-refractivity contribution < 1.29 is 0 Å². The Labute approximate surface area is 110 Å². The van der Waals surface area contributed by atoms with Crippen LogP contribution < -0.4 is 5.32 Å². The maximum absolute atomic E-state index is 5.91. The van der Waals surface area contributed by atoms with Crippen LogP contribution in [0.3, 0.4) is 0 Å². The van der Waals surface area contributed by atoms with Gasteiger partial charge in [-0.25, -0.2) is 0 Å². The second-order valence-corrected chi connectivity index (χ2v) is 4.29. The van der Waals surface area contributed by atoms with Gasteiger partial charge in [-0.3, -0.25) is 0 Å². The molecule has 2 rings (SSSR count). The zero-order valence-electron chi connectivity index (χ0n) is 9.24. The summed E-state index contributed by atoms with van der Waals surface area (Å²) in [5, 5.41) is 11.1. The highest BCUT2D eigenvalue weighted by molar-refractivity contribution is 6.33. The van der Waals surface area contributed by atoms with Crippen LogP contribution in [0.15, 0.2) is 30.3 Å². The van der Waals surface area contributed by atoms with Crippen LogP contribution in [0.5, 0.6) is 0 Å². The number of anilines is 2. The van der Waals surface area contributed by atoms with Crippen molar-refractivity contribution in [2.24, 2.45) is 0 Å². The van der Waals surface area contributed by atoms with Crippen LogP contribution in [0.4, 0.5) is 11.4 Å². The average Bonchev–Trinajstić information content (AvgIpc) is 2.35. The summed E-state index contributed by atoms with van der Waals surface area (Å²) in [4.78, 5) is 0. The van der Waals surface area contributed by atoms with Gasteiger partial charge in [0.2, 0.25) is 0 Å². The molecule has 2 aromatic rings. The van der Waals surface area contributed by atoms with Crippen molar-refractivity contribution >= 4 is 34.6 Å². The van der Waals surface area contributed by atoms with Gasteiger partial charge in [0.15, 0.2) is 10.3 Å². The molecule has 0 amide bonds. The Morgan fingerprint density at radius 1 is 1.12 bits per heavy atom. The molecular formula is C12H11Cl2N3. The summed E-state index contributed by atoms with van der Waals surface area (Å²) in [5.41, 5.74) is 2.87. The minimum atomic E-state index is 0.300. The van der Waals surface area contributed by atoms with Crippen LogP contribution in [-0.2, 0) is 6.42 Å². The summed E-state index contributed by atoms with van der Waals surface area (Å²) in [6.45, 7) is 2.12. The van der Waals surface area contributed by atoms with E-state index in [1.165, 1.54) is 5.56 Å². The molecule has 0 spiro atoms. The molecule has 1 aromatic heterocycles.